The summed E-state index contributed by atoms with van der Waals surface area (Å²) in [7, 11) is 1.30. The summed E-state index contributed by atoms with van der Waals surface area (Å²) in [6, 6.07) is 6.77. The number of carbonyl (C=O) groups is 1. The van der Waals surface area contributed by atoms with Gasteiger partial charge < -0.3 is 9.47 Å². The second-order valence-corrected chi connectivity index (χ2v) is 3.71. The zero-order valence-electron chi connectivity index (χ0n) is 9.46. The van der Waals surface area contributed by atoms with E-state index in [2.05, 4.69) is 14.7 Å². The summed E-state index contributed by atoms with van der Waals surface area (Å²) in [5.41, 5.74) is 0.304. The van der Waals surface area contributed by atoms with Crippen molar-refractivity contribution in [3.63, 3.8) is 0 Å². The first kappa shape index (κ1) is 12.3. The molecule has 0 spiro atoms. The van der Waals surface area contributed by atoms with E-state index < -0.39 is 5.97 Å². The van der Waals surface area contributed by atoms with E-state index in [4.69, 9.17) is 16.3 Å². The summed E-state index contributed by atoms with van der Waals surface area (Å²) in [4.78, 5) is 19.3. The molecule has 0 radical (unpaired) electrons. The van der Waals surface area contributed by atoms with Crippen LogP contribution in [-0.4, -0.2) is 23.0 Å². The lowest BCUT2D eigenvalue weighted by molar-refractivity contribution is 0.0598. The van der Waals surface area contributed by atoms with Crippen molar-refractivity contribution in [1.29, 1.82) is 0 Å². The van der Waals surface area contributed by atoms with Gasteiger partial charge in [-0.15, -0.1) is 0 Å². The van der Waals surface area contributed by atoms with Crippen LogP contribution in [0.15, 0.2) is 36.7 Å². The minimum absolute atomic E-state index is 0.107. The Hall–Kier alpha value is -2.14. The van der Waals surface area contributed by atoms with Gasteiger partial charge >= 0.3 is 12.0 Å². The highest BCUT2D eigenvalue weighted by Crippen LogP contribution is 2.23. The molecular weight excluding hydrogens is 256 g/mol. The van der Waals surface area contributed by atoms with Gasteiger partial charge in [-0.1, -0.05) is 23.7 Å². The summed E-state index contributed by atoms with van der Waals surface area (Å²) in [5.74, 6) is -0.161. The van der Waals surface area contributed by atoms with Crippen molar-refractivity contribution in [3.05, 3.63) is 47.2 Å². The van der Waals surface area contributed by atoms with Crippen molar-refractivity contribution >= 4 is 17.6 Å². The summed E-state index contributed by atoms with van der Waals surface area (Å²) in [6.07, 6.45) is 2.81. The topological polar surface area (TPSA) is 61.3 Å². The Morgan fingerprint density at radius 1 is 1.22 bits per heavy atom. The lowest BCUT2D eigenvalue weighted by Crippen LogP contribution is -2.04. The van der Waals surface area contributed by atoms with Crippen molar-refractivity contribution in [2.24, 2.45) is 0 Å². The van der Waals surface area contributed by atoms with Gasteiger partial charge in [0.2, 0.25) is 0 Å². The van der Waals surface area contributed by atoms with Crippen LogP contribution in [0.3, 0.4) is 0 Å². The van der Waals surface area contributed by atoms with E-state index in [1.807, 2.05) is 0 Å². The van der Waals surface area contributed by atoms with Gasteiger partial charge in [-0.2, -0.15) is 0 Å². The van der Waals surface area contributed by atoms with Gasteiger partial charge in [0.25, 0.3) is 0 Å². The Morgan fingerprint density at radius 2 is 1.89 bits per heavy atom. The molecule has 18 heavy (non-hydrogen) atoms. The smallest absolute Gasteiger partial charge is 0.341 e. The number of ether oxygens (including phenoxy) is 2. The van der Waals surface area contributed by atoms with E-state index in [0.717, 1.165) is 0 Å². The Balaban J connectivity index is 2.28. The number of hydrogen-bond acceptors (Lipinski definition) is 5. The van der Waals surface area contributed by atoms with Crippen LogP contribution in [0.25, 0.3) is 0 Å². The predicted molar refractivity (Wildman–Crippen MR) is 64.9 cm³/mol. The summed E-state index contributed by atoms with van der Waals surface area (Å²) in [5, 5.41) is 0.406. The van der Waals surface area contributed by atoms with Gasteiger partial charge in [0.05, 0.1) is 24.5 Å². The summed E-state index contributed by atoms with van der Waals surface area (Å²) < 4.78 is 10.1. The van der Waals surface area contributed by atoms with Crippen LogP contribution in [-0.2, 0) is 4.74 Å². The quantitative estimate of drug-likeness (QED) is 0.798. The van der Waals surface area contributed by atoms with E-state index in [-0.39, 0.29) is 6.01 Å². The average molecular weight is 265 g/mol. The van der Waals surface area contributed by atoms with Crippen LogP contribution >= 0.6 is 11.6 Å². The number of benzene rings is 1. The number of para-hydroxylation sites is 1. The van der Waals surface area contributed by atoms with Crippen LogP contribution in [0.4, 0.5) is 0 Å². The summed E-state index contributed by atoms with van der Waals surface area (Å²) in [6.45, 7) is 0. The normalized spacial score (nSPS) is 9.89. The van der Waals surface area contributed by atoms with Crippen LogP contribution in [0.1, 0.15) is 10.4 Å². The van der Waals surface area contributed by atoms with Gasteiger partial charge in [-0.05, 0) is 12.1 Å². The molecule has 0 atom stereocenters. The highest BCUT2D eigenvalue weighted by Gasteiger charge is 2.13. The zero-order valence-corrected chi connectivity index (χ0v) is 10.2. The van der Waals surface area contributed by atoms with E-state index >= 15 is 0 Å². The van der Waals surface area contributed by atoms with Crippen molar-refractivity contribution in [1.82, 2.24) is 9.97 Å². The van der Waals surface area contributed by atoms with E-state index in [1.165, 1.54) is 19.5 Å². The number of aromatic nitrogens is 2. The molecule has 0 aliphatic rings. The fourth-order valence-corrected chi connectivity index (χ4v) is 1.38. The largest absolute Gasteiger partial charge is 0.465 e. The highest BCUT2D eigenvalue weighted by atomic mass is 35.5. The molecule has 0 aliphatic carbocycles. The monoisotopic (exact) mass is 264 g/mol. The van der Waals surface area contributed by atoms with Gasteiger partial charge in [0.1, 0.15) is 11.3 Å². The fraction of sp³-hybridized carbons (Fsp3) is 0.0833. The standard InChI is InChI=1S/C12H9ClN2O3/c1-17-11(16)9-4-2-3-5-10(9)18-12-14-6-8(13)7-15-12/h2-7H,1H3. The SMILES string of the molecule is COC(=O)c1ccccc1Oc1ncc(Cl)cn1. The van der Waals surface area contributed by atoms with Crippen molar-refractivity contribution in [2.75, 3.05) is 7.11 Å². The minimum Gasteiger partial charge on any atom is -0.465 e. The van der Waals surface area contributed by atoms with Crippen LogP contribution in [0.5, 0.6) is 11.8 Å². The third-order valence-electron chi connectivity index (χ3n) is 2.09. The Kier molecular flexibility index (Phi) is 3.74. The molecule has 92 valence electrons. The molecule has 0 amide bonds. The molecule has 0 saturated carbocycles. The van der Waals surface area contributed by atoms with Gasteiger partial charge in [-0.3, -0.25) is 0 Å². The third-order valence-corrected chi connectivity index (χ3v) is 2.29. The van der Waals surface area contributed by atoms with Gasteiger partial charge in [0, 0.05) is 0 Å². The predicted octanol–water partition coefficient (Wildman–Crippen LogP) is 2.71. The Labute approximate surface area is 108 Å². The number of rotatable bonds is 3. The molecule has 0 saturated heterocycles. The Morgan fingerprint density at radius 3 is 2.56 bits per heavy atom. The van der Waals surface area contributed by atoms with Gasteiger partial charge in [-0.25, -0.2) is 14.8 Å². The molecule has 0 fully saturated rings. The molecular formula is C12H9ClN2O3. The lowest BCUT2D eigenvalue weighted by atomic mass is 10.2. The van der Waals surface area contributed by atoms with Crippen molar-refractivity contribution < 1.29 is 14.3 Å². The molecule has 2 rings (SSSR count). The number of halogens is 1. The number of hydrogen-bond donors (Lipinski definition) is 0. The maximum Gasteiger partial charge on any atom is 0.341 e. The maximum absolute atomic E-state index is 11.5. The third kappa shape index (κ3) is 2.75. The fourth-order valence-electron chi connectivity index (χ4n) is 1.29. The molecule has 0 unspecified atom stereocenters. The number of esters is 1. The number of carbonyl (C=O) groups excluding carboxylic acids is 1. The molecule has 1 aromatic heterocycles. The lowest BCUT2D eigenvalue weighted by Gasteiger charge is -2.07. The molecule has 0 N–H and O–H groups in total. The molecule has 2 aromatic rings. The second-order valence-electron chi connectivity index (χ2n) is 3.27. The number of nitrogens with zero attached hydrogens (tertiary/aromatic N) is 2. The molecule has 0 bridgehead atoms. The van der Waals surface area contributed by atoms with Crippen LogP contribution < -0.4 is 4.74 Å². The first-order valence-corrected chi connectivity index (χ1v) is 5.41. The van der Waals surface area contributed by atoms with E-state index in [0.29, 0.717) is 16.3 Å². The van der Waals surface area contributed by atoms with E-state index in [1.54, 1.807) is 24.3 Å². The minimum atomic E-state index is -0.487. The van der Waals surface area contributed by atoms with Crippen molar-refractivity contribution in [3.8, 4) is 11.8 Å². The second kappa shape index (κ2) is 5.46. The Bertz CT molecular complexity index is 558. The maximum atomic E-state index is 11.5. The molecule has 1 heterocycles. The van der Waals surface area contributed by atoms with Gasteiger partial charge in [0.15, 0.2) is 0 Å². The highest BCUT2D eigenvalue weighted by molar-refractivity contribution is 6.30. The van der Waals surface area contributed by atoms with Crippen LogP contribution in [0, 0.1) is 0 Å². The zero-order chi connectivity index (χ0) is 13.0. The first-order valence-electron chi connectivity index (χ1n) is 5.03. The van der Waals surface area contributed by atoms with Crippen LogP contribution in [0.2, 0.25) is 5.02 Å². The number of methoxy groups -OCH3 is 1. The molecule has 0 aliphatic heterocycles. The first-order chi connectivity index (χ1) is 8.70. The summed E-state index contributed by atoms with van der Waals surface area (Å²) >= 11 is 5.66. The molecule has 5 nitrogen and oxygen atoms in total. The molecule has 1 aromatic carbocycles. The van der Waals surface area contributed by atoms with Crippen molar-refractivity contribution in [2.45, 2.75) is 0 Å². The average Bonchev–Trinajstić information content (AvgIpc) is 2.41. The van der Waals surface area contributed by atoms with E-state index in [9.17, 15) is 4.79 Å². The molecule has 6 heteroatoms.